The van der Waals surface area contributed by atoms with Crippen LogP contribution in [0.25, 0.3) is 10.6 Å². The molecule has 0 atom stereocenters. The summed E-state index contributed by atoms with van der Waals surface area (Å²) in [5, 5.41) is 11.9. The van der Waals surface area contributed by atoms with Gasteiger partial charge in [0.15, 0.2) is 0 Å². The SMILES string of the molecule is O=C(O)C1(c2csc(-c3ccncc3)n2)CC1. The van der Waals surface area contributed by atoms with Gasteiger partial charge in [0.1, 0.15) is 10.4 Å². The van der Waals surface area contributed by atoms with Gasteiger partial charge in [-0.05, 0) is 25.0 Å². The molecule has 1 aliphatic carbocycles. The average molecular weight is 246 g/mol. The minimum atomic E-state index is -0.760. The summed E-state index contributed by atoms with van der Waals surface area (Å²) in [5.74, 6) is -0.760. The van der Waals surface area contributed by atoms with Crippen LogP contribution in [0.2, 0.25) is 0 Å². The maximum atomic E-state index is 11.2. The molecule has 0 saturated heterocycles. The van der Waals surface area contributed by atoms with Crippen LogP contribution in [0.3, 0.4) is 0 Å². The Labute approximate surface area is 102 Å². The molecule has 0 spiro atoms. The fraction of sp³-hybridized carbons (Fsp3) is 0.250. The van der Waals surface area contributed by atoms with E-state index in [1.54, 1.807) is 12.4 Å². The summed E-state index contributed by atoms with van der Waals surface area (Å²) in [4.78, 5) is 19.6. The van der Waals surface area contributed by atoms with E-state index in [1.165, 1.54) is 11.3 Å². The van der Waals surface area contributed by atoms with Crippen LogP contribution in [0.1, 0.15) is 18.5 Å². The van der Waals surface area contributed by atoms with E-state index in [-0.39, 0.29) is 0 Å². The highest BCUT2D eigenvalue weighted by molar-refractivity contribution is 7.13. The Balaban J connectivity index is 1.97. The molecule has 17 heavy (non-hydrogen) atoms. The molecule has 0 bridgehead atoms. The normalized spacial score (nSPS) is 16.7. The Morgan fingerprint density at radius 2 is 2.06 bits per heavy atom. The molecular weight excluding hydrogens is 236 g/mol. The Hall–Kier alpha value is -1.75. The molecule has 2 aromatic rings. The second-order valence-corrected chi connectivity index (χ2v) is 5.02. The first-order valence-electron chi connectivity index (χ1n) is 5.32. The van der Waals surface area contributed by atoms with E-state index in [4.69, 9.17) is 0 Å². The van der Waals surface area contributed by atoms with E-state index in [2.05, 4.69) is 9.97 Å². The zero-order valence-corrected chi connectivity index (χ0v) is 9.78. The van der Waals surface area contributed by atoms with Crippen molar-refractivity contribution in [2.24, 2.45) is 0 Å². The third-order valence-corrected chi connectivity index (χ3v) is 3.97. The predicted molar refractivity (Wildman–Crippen MR) is 63.9 cm³/mol. The fourth-order valence-corrected chi connectivity index (χ4v) is 2.75. The zero-order valence-electron chi connectivity index (χ0n) is 8.96. The molecule has 4 nitrogen and oxygen atoms in total. The maximum Gasteiger partial charge on any atom is 0.315 e. The number of aromatic nitrogens is 2. The molecule has 5 heteroatoms. The highest BCUT2D eigenvalue weighted by Crippen LogP contribution is 2.49. The first-order chi connectivity index (χ1) is 8.22. The molecule has 2 heterocycles. The number of hydrogen-bond donors (Lipinski definition) is 1. The van der Waals surface area contributed by atoms with Crippen LogP contribution in [-0.2, 0) is 10.2 Å². The fourth-order valence-electron chi connectivity index (χ4n) is 1.83. The van der Waals surface area contributed by atoms with E-state index in [0.717, 1.165) is 10.6 Å². The van der Waals surface area contributed by atoms with E-state index in [9.17, 15) is 9.90 Å². The van der Waals surface area contributed by atoms with Gasteiger partial charge in [0.2, 0.25) is 0 Å². The van der Waals surface area contributed by atoms with Crippen LogP contribution < -0.4 is 0 Å². The summed E-state index contributed by atoms with van der Waals surface area (Å²) >= 11 is 1.48. The minimum absolute atomic E-state index is 0.696. The van der Waals surface area contributed by atoms with Crippen LogP contribution >= 0.6 is 11.3 Å². The van der Waals surface area contributed by atoms with Gasteiger partial charge in [-0.1, -0.05) is 0 Å². The number of carbonyl (C=O) groups is 1. The molecular formula is C12H10N2O2S. The van der Waals surface area contributed by atoms with Crippen molar-refractivity contribution in [1.82, 2.24) is 9.97 Å². The lowest BCUT2D eigenvalue weighted by Crippen LogP contribution is -2.19. The Kier molecular flexibility index (Phi) is 2.22. The van der Waals surface area contributed by atoms with Gasteiger partial charge in [-0.3, -0.25) is 9.78 Å². The molecule has 1 saturated carbocycles. The highest BCUT2D eigenvalue weighted by atomic mass is 32.1. The Morgan fingerprint density at radius 1 is 1.35 bits per heavy atom. The van der Waals surface area contributed by atoms with Crippen LogP contribution in [0.15, 0.2) is 29.9 Å². The van der Waals surface area contributed by atoms with Crippen LogP contribution in [0.4, 0.5) is 0 Å². The largest absolute Gasteiger partial charge is 0.481 e. The van der Waals surface area contributed by atoms with Crippen molar-refractivity contribution < 1.29 is 9.90 Å². The molecule has 86 valence electrons. The van der Waals surface area contributed by atoms with Crippen molar-refractivity contribution in [1.29, 1.82) is 0 Å². The summed E-state index contributed by atoms with van der Waals surface area (Å²) in [6.45, 7) is 0. The van der Waals surface area contributed by atoms with Gasteiger partial charge < -0.3 is 5.11 Å². The number of aliphatic carboxylic acids is 1. The molecule has 2 aromatic heterocycles. The molecule has 0 amide bonds. The molecule has 0 aliphatic heterocycles. The smallest absolute Gasteiger partial charge is 0.315 e. The molecule has 1 N–H and O–H groups in total. The lowest BCUT2D eigenvalue weighted by molar-refractivity contribution is -0.140. The number of carboxylic acids is 1. The molecule has 0 unspecified atom stereocenters. The zero-order chi connectivity index (χ0) is 11.9. The molecule has 3 rings (SSSR count). The minimum Gasteiger partial charge on any atom is -0.481 e. The average Bonchev–Trinajstić information content (AvgIpc) is 3.02. The van der Waals surface area contributed by atoms with Crippen molar-refractivity contribution in [2.45, 2.75) is 18.3 Å². The highest BCUT2D eigenvalue weighted by Gasteiger charge is 2.53. The van der Waals surface area contributed by atoms with Crippen molar-refractivity contribution in [3.63, 3.8) is 0 Å². The summed E-state index contributed by atoms with van der Waals surface area (Å²) < 4.78 is 0. The van der Waals surface area contributed by atoms with Gasteiger partial charge >= 0.3 is 5.97 Å². The number of thiazole rings is 1. The quantitative estimate of drug-likeness (QED) is 0.902. The molecule has 1 aliphatic rings. The van der Waals surface area contributed by atoms with E-state index >= 15 is 0 Å². The number of nitrogens with zero attached hydrogens (tertiary/aromatic N) is 2. The van der Waals surface area contributed by atoms with Crippen LogP contribution in [-0.4, -0.2) is 21.0 Å². The van der Waals surface area contributed by atoms with Crippen molar-refractivity contribution in [2.75, 3.05) is 0 Å². The first kappa shape index (κ1) is 10.4. The lowest BCUT2D eigenvalue weighted by atomic mass is 10.0. The molecule has 0 aromatic carbocycles. The summed E-state index contributed by atoms with van der Waals surface area (Å²) in [6, 6.07) is 3.76. The topological polar surface area (TPSA) is 63.1 Å². The van der Waals surface area contributed by atoms with E-state index in [1.807, 2.05) is 17.5 Å². The summed E-state index contributed by atoms with van der Waals surface area (Å²) in [7, 11) is 0. The number of hydrogen-bond acceptors (Lipinski definition) is 4. The van der Waals surface area contributed by atoms with Gasteiger partial charge in [0, 0.05) is 23.3 Å². The van der Waals surface area contributed by atoms with Crippen molar-refractivity contribution in [3.8, 4) is 10.6 Å². The predicted octanol–water partition coefficient (Wildman–Crippen LogP) is 2.32. The summed E-state index contributed by atoms with van der Waals surface area (Å²) in [5.41, 5.74) is 0.973. The summed E-state index contributed by atoms with van der Waals surface area (Å²) in [6.07, 6.45) is 4.81. The Morgan fingerprint density at radius 3 is 2.65 bits per heavy atom. The van der Waals surface area contributed by atoms with Gasteiger partial charge in [-0.15, -0.1) is 11.3 Å². The standard InChI is InChI=1S/C12H10N2O2S/c15-11(16)12(3-4-12)9-7-17-10(14-9)8-1-5-13-6-2-8/h1-2,5-7H,3-4H2,(H,15,16). The van der Waals surface area contributed by atoms with E-state index < -0.39 is 11.4 Å². The number of carboxylic acid groups (broad SMARTS) is 1. The maximum absolute atomic E-state index is 11.2. The number of rotatable bonds is 3. The van der Waals surface area contributed by atoms with Gasteiger partial charge in [0.25, 0.3) is 0 Å². The monoisotopic (exact) mass is 246 g/mol. The lowest BCUT2D eigenvalue weighted by Gasteiger charge is -2.04. The van der Waals surface area contributed by atoms with Crippen molar-refractivity contribution >= 4 is 17.3 Å². The van der Waals surface area contributed by atoms with E-state index in [0.29, 0.717) is 18.5 Å². The third kappa shape index (κ3) is 1.63. The van der Waals surface area contributed by atoms with Gasteiger partial charge in [-0.2, -0.15) is 0 Å². The number of pyridine rings is 1. The van der Waals surface area contributed by atoms with Gasteiger partial charge in [-0.25, -0.2) is 4.98 Å². The third-order valence-electron chi connectivity index (χ3n) is 3.08. The second-order valence-electron chi connectivity index (χ2n) is 4.16. The van der Waals surface area contributed by atoms with Gasteiger partial charge in [0.05, 0.1) is 5.69 Å². The van der Waals surface area contributed by atoms with Crippen LogP contribution in [0.5, 0.6) is 0 Å². The molecule has 1 fully saturated rings. The second kappa shape index (κ2) is 3.63. The molecule has 0 radical (unpaired) electrons. The van der Waals surface area contributed by atoms with Crippen LogP contribution in [0, 0.1) is 0 Å². The van der Waals surface area contributed by atoms with Crippen molar-refractivity contribution in [3.05, 3.63) is 35.6 Å². The Bertz CT molecular complexity index is 561. The first-order valence-corrected chi connectivity index (χ1v) is 6.20.